The molecule has 0 aliphatic rings. The average Bonchev–Trinajstić information content (AvgIpc) is 2.34. The summed E-state index contributed by atoms with van der Waals surface area (Å²) < 4.78 is 10.3. The molecule has 0 fully saturated rings. The summed E-state index contributed by atoms with van der Waals surface area (Å²) in [5.41, 5.74) is 2.74. The summed E-state index contributed by atoms with van der Waals surface area (Å²) in [7, 11) is 3.09. The van der Waals surface area contributed by atoms with Crippen LogP contribution in [0, 0.1) is 0 Å². The number of benzene rings is 1. The van der Waals surface area contributed by atoms with E-state index in [0.29, 0.717) is 11.5 Å². The molecule has 5 nitrogen and oxygen atoms in total. The number of hydrogen-bond donors (Lipinski definition) is 2. The molecule has 0 bridgehead atoms. The first kappa shape index (κ1) is 12.1. The smallest absolute Gasteiger partial charge is 0.257 e. The van der Waals surface area contributed by atoms with Gasteiger partial charge in [0.15, 0.2) is 11.5 Å². The molecule has 0 aliphatic carbocycles. The van der Waals surface area contributed by atoms with Gasteiger partial charge in [-0.3, -0.25) is 10.2 Å². The quantitative estimate of drug-likeness (QED) is 0.340. The van der Waals surface area contributed by atoms with Gasteiger partial charge in [-0.15, -0.1) is 0 Å². The van der Waals surface area contributed by atoms with Crippen molar-refractivity contribution < 1.29 is 14.3 Å². The van der Waals surface area contributed by atoms with Crippen LogP contribution in [0.4, 0.5) is 0 Å². The van der Waals surface area contributed by atoms with Crippen molar-refractivity contribution >= 4 is 12.0 Å². The summed E-state index contributed by atoms with van der Waals surface area (Å²) in [5, 5.41) is 0. The maximum Gasteiger partial charge on any atom is 0.257 e. The van der Waals surface area contributed by atoms with Crippen molar-refractivity contribution in [1.29, 1.82) is 0 Å². The molecule has 1 rings (SSSR count). The van der Waals surface area contributed by atoms with Crippen LogP contribution in [0.2, 0.25) is 0 Å². The Morgan fingerprint density at radius 3 is 2.69 bits per heavy atom. The van der Waals surface area contributed by atoms with Crippen LogP contribution in [0.25, 0.3) is 6.08 Å². The van der Waals surface area contributed by atoms with Crippen LogP contribution in [0.15, 0.2) is 24.3 Å². The Morgan fingerprint density at radius 1 is 1.38 bits per heavy atom. The van der Waals surface area contributed by atoms with Crippen LogP contribution >= 0.6 is 0 Å². The lowest BCUT2D eigenvalue weighted by Gasteiger charge is -2.09. The Bertz CT molecular complexity index is 402. The first-order valence-electron chi connectivity index (χ1n) is 4.62. The summed E-state index contributed by atoms with van der Waals surface area (Å²) in [5.74, 6) is 5.76. The molecule has 0 spiro atoms. The fraction of sp³-hybridized carbons (Fsp3) is 0.182. The molecule has 0 aliphatic heterocycles. The Kier molecular flexibility index (Phi) is 4.35. The van der Waals surface area contributed by atoms with Gasteiger partial charge in [-0.05, 0) is 12.1 Å². The molecule has 0 aromatic heterocycles. The van der Waals surface area contributed by atoms with E-state index >= 15 is 0 Å². The molecule has 86 valence electrons. The number of carbonyl (C=O) groups is 1. The summed E-state index contributed by atoms with van der Waals surface area (Å²) in [6, 6.07) is 5.39. The molecule has 16 heavy (non-hydrogen) atoms. The molecule has 0 saturated carbocycles. The highest BCUT2D eigenvalue weighted by molar-refractivity contribution is 5.91. The van der Waals surface area contributed by atoms with Crippen molar-refractivity contribution in [2.75, 3.05) is 14.2 Å². The van der Waals surface area contributed by atoms with Gasteiger partial charge in [0.2, 0.25) is 0 Å². The minimum Gasteiger partial charge on any atom is -0.493 e. The predicted molar refractivity (Wildman–Crippen MR) is 60.9 cm³/mol. The average molecular weight is 222 g/mol. The second-order valence-corrected chi connectivity index (χ2v) is 2.92. The summed E-state index contributed by atoms with van der Waals surface area (Å²) in [6.45, 7) is 0. The Hall–Kier alpha value is -2.01. The predicted octanol–water partition coefficient (Wildman–Crippen LogP) is 0.707. The van der Waals surface area contributed by atoms with Gasteiger partial charge in [-0.2, -0.15) is 0 Å². The Balaban J connectivity index is 3.04. The van der Waals surface area contributed by atoms with Crippen LogP contribution in [0.3, 0.4) is 0 Å². The largest absolute Gasteiger partial charge is 0.493 e. The van der Waals surface area contributed by atoms with Crippen LogP contribution in [0.1, 0.15) is 5.56 Å². The van der Waals surface area contributed by atoms with Gasteiger partial charge >= 0.3 is 0 Å². The highest BCUT2D eigenvalue weighted by atomic mass is 16.5. The van der Waals surface area contributed by atoms with E-state index in [1.807, 2.05) is 11.5 Å². The molecule has 1 aromatic carbocycles. The van der Waals surface area contributed by atoms with E-state index < -0.39 is 0 Å². The molecule has 3 N–H and O–H groups in total. The van der Waals surface area contributed by atoms with Crippen LogP contribution in [-0.4, -0.2) is 20.1 Å². The van der Waals surface area contributed by atoms with E-state index in [0.717, 1.165) is 5.56 Å². The van der Waals surface area contributed by atoms with E-state index in [9.17, 15) is 4.79 Å². The van der Waals surface area contributed by atoms with Crippen molar-refractivity contribution in [3.05, 3.63) is 29.8 Å². The molecule has 0 radical (unpaired) electrons. The van der Waals surface area contributed by atoms with E-state index in [4.69, 9.17) is 15.3 Å². The van der Waals surface area contributed by atoms with Gasteiger partial charge in [-0.1, -0.05) is 12.1 Å². The number of para-hydroxylation sites is 1. The fourth-order valence-corrected chi connectivity index (χ4v) is 1.26. The summed E-state index contributed by atoms with van der Waals surface area (Å²) in [4.78, 5) is 10.9. The van der Waals surface area contributed by atoms with E-state index in [-0.39, 0.29) is 5.91 Å². The number of carbonyl (C=O) groups excluding carboxylic acids is 1. The lowest BCUT2D eigenvalue weighted by Crippen LogP contribution is -2.27. The van der Waals surface area contributed by atoms with E-state index in [2.05, 4.69) is 0 Å². The normalized spacial score (nSPS) is 10.2. The molecule has 5 heteroatoms. The lowest BCUT2D eigenvalue weighted by molar-refractivity contribution is -0.116. The van der Waals surface area contributed by atoms with Crippen molar-refractivity contribution in [3.8, 4) is 11.5 Å². The molecule has 0 unspecified atom stereocenters. The first-order valence-corrected chi connectivity index (χ1v) is 4.62. The first-order chi connectivity index (χ1) is 7.72. The molecular formula is C11H14N2O3. The maximum atomic E-state index is 10.9. The topological polar surface area (TPSA) is 73.6 Å². The Morgan fingerprint density at radius 2 is 2.12 bits per heavy atom. The fourth-order valence-electron chi connectivity index (χ4n) is 1.26. The van der Waals surface area contributed by atoms with Crippen molar-refractivity contribution in [2.24, 2.45) is 5.84 Å². The van der Waals surface area contributed by atoms with Crippen LogP contribution in [0.5, 0.6) is 11.5 Å². The highest BCUT2D eigenvalue weighted by Crippen LogP contribution is 2.31. The third-order valence-electron chi connectivity index (χ3n) is 1.99. The minimum absolute atomic E-state index is 0.384. The maximum absolute atomic E-state index is 10.9. The molecule has 1 aromatic rings. The number of hydrogen-bond acceptors (Lipinski definition) is 4. The van der Waals surface area contributed by atoms with Gasteiger partial charge < -0.3 is 9.47 Å². The summed E-state index contributed by atoms with van der Waals surface area (Å²) >= 11 is 0. The second-order valence-electron chi connectivity index (χ2n) is 2.92. The molecule has 0 atom stereocenters. The standard InChI is InChI=1S/C11H14N2O3/c1-15-9-5-3-4-8(11(9)16-2)6-7-10(14)13-12/h3-7H,12H2,1-2H3,(H,13,14)/b7-6-. The zero-order valence-electron chi connectivity index (χ0n) is 9.19. The van der Waals surface area contributed by atoms with Crippen LogP contribution in [-0.2, 0) is 4.79 Å². The molecular weight excluding hydrogens is 208 g/mol. The zero-order chi connectivity index (χ0) is 12.0. The highest BCUT2D eigenvalue weighted by Gasteiger charge is 2.06. The number of methoxy groups -OCH3 is 2. The number of rotatable bonds is 4. The molecule has 1 amide bonds. The van der Waals surface area contributed by atoms with E-state index in [1.165, 1.54) is 13.2 Å². The van der Waals surface area contributed by atoms with Gasteiger partial charge in [0.25, 0.3) is 5.91 Å². The lowest BCUT2D eigenvalue weighted by atomic mass is 10.1. The second kappa shape index (κ2) is 5.77. The molecule has 0 saturated heterocycles. The van der Waals surface area contributed by atoms with Crippen LogP contribution < -0.4 is 20.7 Å². The van der Waals surface area contributed by atoms with E-state index in [1.54, 1.807) is 25.3 Å². The van der Waals surface area contributed by atoms with Gasteiger partial charge in [0, 0.05) is 11.6 Å². The van der Waals surface area contributed by atoms with Crippen molar-refractivity contribution in [1.82, 2.24) is 5.43 Å². The third-order valence-corrected chi connectivity index (χ3v) is 1.99. The van der Waals surface area contributed by atoms with Gasteiger partial charge in [0.1, 0.15) is 0 Å². The zero-order valence-corrected chi connectivity index (χ0v) is 9.19. The monoisotopic (exact) mass is 222 g/mol. The number of amides is 1. The SMILES string of the molecule is COc1cccc(/C=C\C(=O)NN)c1OC. The Labute approximate surface area is 93.8 Å². The summed E-state index contributed by atoms with van der Waals surface area (Å²) in [6.07, 6.45) is 2.92. The minimum atomic E-state index is -0.384. The number of nitrogens with one attached hydrogen (secondary N) is 1. The van der Waals surface area contributed by atoms with Crippen molar-refractivity contribution in [3.63, 3.8) is 0 Å². The number of nitrogens with two attached hydrogens (primary N) is 1. The van der Waals surface area contributed by atoms with Crippen molar-refractivity contribution in [2.45, 2.75) is 0 Å². The number of ether oxygens (including phenoxy) is 2. The number of hydrazine groups is 1. The third kappa shape index (κ3) is 2.74. The van der Waals surface area contributed by atoms with Gasteiger partial charge in [0.05, 0.1) is 14.2 Å². The molecule has 0 heterocycles. The van der Waals surface area contributed by atoms with Gasteiger partial charge in [-0.25, -0.2) is 5.84 Å².